The summed E-state index contributed by atoms with van der Waals surface area (Å²) in [4.78, 5) is 4.60. The number of nitrogens with one attached hydrogen (secondary N) is 2. The van der Waals surface area contributed by atoms with Crippen molar-refractivity contribution in [3.63, 3.8) is 0 Å². The highest BCUT2D eigenvalue weighted by Gasteiger charge is 2.26. The highest BCUT2D eigenvalue weighted by Crippen LogP contribution is 2.46. The quantitative estimate of drug-likeness (QED) is 0.526. The van der Waals surface area contributed by atoms with Gasteiger partial charge in [-0.25, -0.2) is 0 Å². The van der Waals surface area contributed by atoms with Crippen LogP contribution in [-0.4, -0.2) is 15.2 Å². The molecule has 0 unspecified atom stereocenters. The molecule has 1 saturated carbocycles. The molecule has 1 aromatic carbocycles. The van der Waals surface area contributed by atoms with Gasteiger partial charge in [-0.15, -0.1) is 11.3 Å². The van der Waals surface area contributed by atoms with Gasteiger partial charge in [0.05, 0.1) is 11.2 Å². The van der Waals surface area contributed by atoms with Crippen molar-refractivity contribution in [2.75, 3.05) is 5.32 Å². The van der Waals surface area contributed by atoms with Gasteiger partial charge in [-0.2, -0.15) is 5.10 Å². The van der Waals surface area contributed by atoms with Gasteiger partial charge in [-0.05, 0) is 67.1 Å². The summed E-state index contributed by atoms with van der Waals surface area (Å²) in [5.41, 5.74) is 5.84. The number of benzene rings is 1. The standard InChI is InChI=1S/C19H18N4S/c1-10-11(2)22-23-19(10)21-16-5-6-20-17-7-13-15(12-3-4-12)9-24-18(13)8-14(16)17/h5-9,12H,3-4H2,1-2H3,(H2,20,21,22,23). The Kier molecular flexibility index (Phi) is 2.94. The van der Waals surface area contributed by atoms with Gasteiger partial charge in [0.15, 0.2) is 5.82 Å². The van der Waals surface area contributed by atoms with Gasteiger partial charge in [0.1, 0.15) is 0 Å². The Labute approximate surface area is 143 Å². The largest absolute Gasteiger partial charge is 0.338 e. The molecule has 5 heteroatoms. The van der Waals surface area contributed by atoms with E-state index in [-0.39, 0.29) is 0 Å². The Morgan fingerprint density at radius 1 is 1.21 bits per heavy atom. The molecule has 3 aromatic heterocycles. The number of anilines is 2. The van der Waals surface area contributed by atoms with Crippen molar-refractivity contribution in [1.29, 1.82) is 0 Å². The fourth-order valence-corrected chi connectivity index (χ4v) is 4.30. The molecule has 120 valence electrons. The second-order valence-electron chi connectivity index (χ2n) is 6.64. The molecule has 24 heavy (non-hydrogen) atoms. The summed E-state index contributed by atoms with van der Waals surface area (Å²) < 4.78 is 1.34. The molecular formula is C19H18N4S. The lowest BCUT2D eigenvalue weighted by atomic mass is 10.1. The molecule has 4 nitrogen and oxygen atoms in total. The van der Waals surface area contributed by atoms with Gasteiger partial charge in [0.25, 0.3) is 0 Å². The molecule has 0 atom stereocenters. The summed E-state index contributed by atoms with van der Waals surface area (Å²) in [6, 6.07) is 6.54. The van der Waals surface area contributed by atoms with Crippen molar-refractivity contribution in [1.82, 2.24) is 15.2 Å². The zero-order chi connectivity index (χ0) is 16.3. The normalized spacial score (nSPS) is 14.6. The van der Waals surface area contributed by atoms with Gasteiger partial charge in [0.2, 0.25) is 0 Å². The number of hydrogen-bond donors (Lipinski definition) is 2. The number of rotatable bonds is 3. The fourth-order valence-electron chi connectivity index (χ4n) is 3.24. The van der Waals surface area contributed by atoms with E-state index in [0.29, 0.717) is 0 Å². The van der Waals surface area contributed by atoms with Crippen LogP contribution in [0.25, 0.3) is 21.0 Å². The average molecular weight is 334 g/mol. The van der Waals surface area contributed by atoms with Crippen LogP contribution in [-0.2, 0) is 0 Å². The second kappa shape index (κ2) is 5.05. The SMILES string of the molecule is Cc1[nH]nc(Nc2ccnc3cc4c(C5CC5)csc4cc23)c1C. The summed E-state index contributed by atoms with van der Waals surface area (Å²) in [5, 5.41) is 15.7. The molecule has 0 aliphatic heterocycles. The van der Waals surface area contributed by atoms with Gasteiger partial charge < -0.3 is 5.32 Å². The molecule has 0 amide bonds. The summed E-state index contributed by atoms with van der Waals surface area (Å²) in [6.07, 6.45) is 4.53. The van der Waals surface area contributed by atoms with Crippen LogP contribution >= 0.6 is 11.3 Å². The third kappa shape index (κ3) is 2.12. The Balaban J connectivity index is 1.66. The monoisotopic (exact) mass is 334 g/mol. The highest BCUT2D eigenvalue weighted by atomic mass is 32.1. The maximum Gasteiger partial charge on any atom is 0.155 e. The van der Waals surface area contributed by atoms with Crippen molar-refractivity contribution in [3.8, 4) is 0 Å². The molecule has 0 bridgehead atoms. The second-order valence-corrected chi connectivity index (χ2v) is 7.55. The Morgan fingerprint density at radius 3 is 2.83 bits per heavy atom. The summed E-state index contributed by atoms with van der Waals surface area (Å²) >= 11 is 1.84. The lowest BCUT2D eigenvalue weighted by Gasteiger charge is -2.09. The van der Waals surface area contributed by atoms with E-state index in [9.17, 15) is 0 Å². The van der Waals surface area contributed by atoms with Crippen molar-refractivity contribution in [2.24, 2.45) is 0 Å². The minimum atomic E-state index is 0.771. The number of hydrogen-bond acceptors (Lipinski definition) is 4. The minimum absolute atomic E-state index is 0.771. The van der Waals surface area contributed by atoms with Crippen LogP contribution in [0.2, 0.25) is 0 Å². The molecular weight excluding hydrogens is 316 g/mol. The molecule has 5 rings (SSSR count). The summed E-state index contributed by atoms with van der Waals surface area (Å²) in [5.74, 6) is 1.65. The van der Waals surface area contributed by atoms with E-state index in [1.165, 1.54) is 28.5 Å². The lowest BCUT2D eigenvalue weighted by Crippen LogP contribution is -1.94. The first kappa shape index (κ1) is 14.0. The number of fused-ring (bicyclic) bond motifs is 2. The number of aromatic nitrogens is 3. The lowest BCUT2D eigenvalue weighted by molar-refractivity contribution is 1.05. The van der Waals surface area contributed by atoms with Gasteiger partial charge in [-0.1, -0.05) is 0 Å². The first-order valence-electron chi connectivity index (χ1n) is 8.29. The van der Waals surface area contributed by atoms with Crippen molar-refractivity contribution >= 4 is 43.8 Å². The van der Waals surface area contributed by atoms with E-state index in [1.54, 1.807) is 0 Å². The van der Waals surface area contributed by atoms with E-state index >= 15 is 0 Å². The fraction of sp³-hybridized carbons (Fsp3) is 0.263. The first-order chi connectivity index (χ1) is 11.7. The van der Waals surface area contributed by atoms with E-state index in [4.69, 9.17) is 0 Å². The van der Waals surface area contributed by atoms with Crippen LogP contribution in [0.5, 0.6) is 0 Å². The van der Waals surface area contributed by atoms with Gasteiger partial charge >= 0.3 is 0 Å². The molecule has 1 aliphatic rings. The van der Waals surface area contributed by atoms with E-state index in [2.05, 4.69) is 44.9 Å². The number of pyridine rings is 1. The number of thiophene rings is 1. The van der Waals surface area contributed by atoms with Crippen LogP contribution < -0.4 is 5.32 Å². The number of H-pyrrole nitrogens is 1. The smallest absolute Gasteiger partial charge is 0.155 e. The molecule has 1 fully saturated rings. The third-order valence-electron chi connectivity index (χ3n) is 4.99. The topological polar surface area (TPSA) is 53.6 Å². The van der Waals surface area contributed by atoms with Crippen molar-refractivity contribution < 1.29 is 0 Å². The van der Waals surface area contributed by atoms with Crippen molar-refractivity contribution in [2.45, 2.75) is 32.6 Å². The van der Waals surface area contributed by atoms with Crippen LogP contribution in [0.4, 0.5) is 11.5 Å². The summed E-state index contributed by atoms with van der Waals surface area (Å²) in [7, 11) is 0. The van der Waals surface area contributed by atoms with Crippen molar-refractivity contribution in [3.05, 3.63) is 46.6 Å². The molecule has 4 aromatic rings. The van der Waals surface area contributed by atoms with Crippen LogP contribution in [0, 0.1) is 13.8 Å². The molecule has 1 aliphatic carbocycles. The first-order valence-corrected chi connectivity index (χ1v) is 9.17. The molecule has 0 spiro atoms. The Morgan fingerprint density at radius 2 is 2.08 bits per heavy atom. The van der Waals surface area contributed by atoms with Gasteiger partial charge in [0, 0.05) is 27.5 Å². The average Bonchev–Trinajstić information content (AvgIpc) is 3.28. The number of aryl methyl sites for hydroxylation is 1. The minimum Gasteiger partial charge on any atom is -0.338 e. The van der Waals surface area contributed by atoms with Crippen LogP contribution in [0.3, 0.4) is 0 Å². The van der Waals surface area contributed by atoms with E-state index < -0.39 is 0 Å². The third-order valence-corrected chi connectivity index (χ3v) is 5.95. The number of aromatic amines is 1. The molecule has 0 radical (unpaired) electrons. The Bertz CT molecular complexity index is 1070. The maximum atomic E-state index is 4.60. The van der Waals surface area contributed by atoms with Crippen LogP contribution in [0.1, 0.15) is 35.6 Å². The van der Waals surface area contributed by atoms with Gasteiger partial charge in [-0.3, -0.25) is 10.1 Å². The molecule has 0 saturated heterocycles. The predicted octanol–water partition coefficient (Wildman–Crippen LogP) is 5.41. The summed E-state index contributed by atoms with van der Waals surface area (Å²) in [6.45, 7) is 4.11. The predicted molar refractivity (Wildman–Crippen MR) is 100 cm³/mol. The maximum absolute atomic E-state index is 4.60. The van der Waals surface area contributed by atoms with E-state index in [0.717, 1.165) is 39.6 Å². The van der Waals surface area contributed by atoms with Crippen LogP contribution in [0.15, 0.2) is 29.8 Å². The zero-order valence-corrected chi connectivity index (χ0v) is 14.5. The molecule has 3 heterocycles. The van der Waals surface area contributed by atoms with E-state index in [1.807, 2.05) is 30.5 Å². The molecule has 2 N–H and O–H groups in total. The Hall–Kier alpha value is -2.40. The number of nitrogens with zero attached hydrogens (tertiary/aromatic N) is 2. The zero-order valence-electron chi connectivity index (χ0n) is 13.7. The highest BCUT2D eigenvalue weighted by molar-refractivity contribution is 7.17.